The highest BCUT2D eigenvalue weighted by molar-refractivity contribution is 5.34. The highest BCUT2D eigenvalue weighted by atomic mass is 16.5. The Morgan fingerprint density at radius 2 is 2.33 bits per heavy atom. The lowest BCUT2D eigenvalue weighted by atomic mass is 10.2. The molecule has 0 aliphatic heterocycles. The van der Waals surface area contributed by atoms with Crippen molar-refractivity contribution in [3.8, 4) is 0 Å². The molecule has 0 amide bonds. The molecule has 15 heavy (non-hydrogen) atoms. The molecule has 0 aromatic carbocycles. The molecule has 1 heterocycles. The molecule has 0 radical (unpaired) electrons. The normalized spacial score (nSPS) is 25.5. The average molecular weight is 207 g/mol. The lowest BCUT2D eigenvalue weighted by Gasteiger charge is -2.13. The van der Waals surface area contributed by atoms with Crippen LogP contribution in [0.5, 0.6) is 0 Å². The van der Waals surface area contributed by atoms with Crippen molar-refractivity contribution in [2.45, 2.75) is 38.3 Å². The highest BCUT2D eigenvalue weighted by Crippen LogP contribution is 2.23. The molecule has 0 saturated heterocycles. The van der Waals surface area contributed by atoms with E-state index in [-0.39, 0.29) is 0 Å². The SMILES string of the molecule is COC1CCC(Nc2ccnc(C)n2)C1. The van der Waals surface area contributed by atoms with Gasteiger partial charge in [-0.2, -0.15) is 0 Å². The monoisotopic (exact) mass is 207 g/mol. The van der Waals surface area contributed by atoms with Crippen LogP contribution >= 0.6 is 0 Å². The number of nitrogens with one attached hydrogen (secondary N) is 1. The zero-order valence-electron chi connectivity index (χ0n) is 9.23. The quantitative estimate of drug-likeness (QED) is 0.820. The smallest absolute Gasteiger partial charge is 0.129 e. The number of anilines is 1. The summed E-state index contributed by atoms with van der Waals surface area (Å²) in [6.45, 7) is 1.90. The van der Waals surface area contributed by atoms with Gasteiger partial charge in [-0.15, -0.1) is 0 Å². The Kier molecular flexibility index (Phi) is 3.16. The van der Waals surface area contributed by atoms with Crippen LogP contribution in [0.3, 0.4) is 0 Å². The van der Waals surface area contributed by atoms with E-state index in [0.29, 0.717) is 12.1 Å². The molecule has 1 aromatic rings. The topological polar surface area (TPSA) is 47.0 Å². The molecule has 2 rings (SSSR count). The van der Waals surface area contributed by atoms with Gasteiger partial charge in [0, 0.05) is 19.3 Å². The largest absolute Gasteiger partial charge is 0.381 e. The molecule has 1 aliphatic carbocycles. The van der Waals surface area contributed by atoms with Crippen molar-refractivity contribution in [1.82, 2.24) is 9.97 Å². The Morgan fingerprint density at radius 3 is 3.00 bits per heavy atom. The molecule has 1 saturated carbocycles. The molecule has 4 nitrogen and oxygen atoms in total. The van der Waals surface area contributed by atoms with Crippen molar-refractivity contribution in [2.75, 3.05) is 12.4 Å². The van der Waals surface area contributed by atoms with Crippen LogP contribution in [0.15, 0.2) is 12.3 Å². The molecule has 0 spiro atoms. The van der Waals surface area contributed by atoms with Crippen LogP contribution < -0.4 is 5.32 Å². The average Bonchev–Trinajstić information content (AvgIpc) is 2.65. The summed E-state index contributed by atoms with van der Waals surface area (Å²) in [5.74, 6) is 1.73. The first-order valence-corrected chi connectivity index (χ1v) is 5.37. The molecule has 4 heteroatoms. The number of hydrogen-bond donors (Lipinski definition) is 1. The zero-order valence-corrected chi connectivity index (χ0v) is 9.23. The second-order valence-electron chi connectivity index (χ2n) is 4.00. The minimum atomic E-state index is 0.408. The fourth-order valence-corrected chi connectivity index (χ4v) is 2.03. The Hall–Kier alpha value is -1.16. The maximum Gasteiger partial charge on any atom is 0.129 e. The first-order valence-electron chi connectivity index (χ1n) is 5.37. The Bertz CT molecular complexity index is 329. The molecule has 82 valence electrons. The van der Waals surface area contributed by atoms with Gasteiger partial charge in [-0.05, 0) is 32.3 Å². The van der Waals surface area contributed by atoms with E-state index in [0.717, 1.165) is 30.9 Å². The molecular formula is C11H17N3O. The van der Waals surface area contributed by atoms with Gasteiger partial charge in [-0.25, -0.2) is 9.97 Å². The third kappa shape index (κ3) is 2.65. The summed E-state index contributed by atoms with van der Waals surface area (Å²) in [6, 6.07) is 2.40. The van der Waals surface area contributed by atoms with Crippen molar-refractivity contribution in [3.63, 3.8) is 0 Å². The lowest BCUT2D eigenvalue weighted by molar-refractivity contribution is 0.108. The zero-order chi connectivity index (χ0) is 10.7. The van der Waals surface area contributed by atoms with Crippen LogP contribution in [0, 0.1) is 6.92 Å². The molecular weight excluding hydrogens is 190 g/mol. The number of aromatic nitrogens is 2. The van der Waals surface area contributed by atoms with Gasteiger partial charge in [0.05, 0.1) is 6.10 Å². The number of methoxy groups -OCH3 is 1. The lowest BCUT2D eigenvalue weighted by Crippen LogP contribution is -2.18. The fraction of sp³-hybridized carbons (Fsp3) is 0.636. The van der Waals surface area contributed by atoms with Gasteiger partial charge in [0.15, 0.2) is 0 Å². The Balaban J connectivity index is 1.92. The second-order valence-corrected chi connectivity index (χ2v) is 4.00. The Morgan fingerprint density at radius 1 is 1.47 bits per heavy atom. The van der Waals surface area contributed by atoms with Crippen LogP contribution in [0.25, 0.3) is 0 Å². The molecule has 1 N–H and O–H groups in total. The minimum Gasteiger partial charge on any atom is -0.381 e. The third-order valence-corrected chi connectivity index (χ3v) is 2.85. The first-order chi connectivity index (χ1) is 7.28. The fourth-order valence-electron chi connectivity index (χ4n) is 2.03. The summed E-state index contributed by atoms with van der Waals surface area (Å²) in [5.41, 5.74) is 0. The van der Waals surface area contributed by atoms with Gasteiger partial charge >= 0.3 is 0 Å². The first kappa shape index (κ1) is 10.4. The van der Waals surface area contributed by atoms with Gasteiger partial charge in [-0.3, -0.25) is 0 Å². The number of rotatable bonds is 3. The third-order valence-electron chi connectivity index (χ3n) is 2.85. The van der Waals surface area contributed by atoms with Crippen molar-refractivity contribution in [3.05, 3.63) is 18.1 Å². The summed E-state index contributed by atoms with van der Waals surface area (Å²) in [6.07, 6.45) is 5.55. The van der Waals surface area contributed by atoms with E-state index in [9.17, 15) is 0 Å². The Labute approximate surface area is 90.1 Å². The van der Waals surface area contributed by atoms with Crippen molar-refractivity contribution in [1.29, 1.82) is 0 Å². The van der Waals surface area contributed by atoms with Crippen LogP contribution in [0.2, 0.25) is 0 Å². The highest BCUT2D eigenvalue weighted by Gasteiger charge is 2.24. The molecule has 1 aromatic heterocycles. The van der Waals surface area contributed by atoms with Gasteiger partial charge < -0.3 is 10.1 Å². The van der Waals surface area contributed by atoms with E-state index < -0.39 is 0 Å². The van der Waals surface area contributed by atoms with Crippen LogP contribution in [0.4, 0.5) is 5.82 Å². The number of ether oxygens (including phenoxy) is 1. The molecule has 2 atom stereocenters. The number of nitrogens with zero attached hydrogens (tertiary/aromatic N) is 2. The van der Waals surface area contributed by atoms with E-state index >= 15 is 0 Å². The van der Waals surface area contributed by atoms with Crippen molar-refractivity contribution in [2.24, 2.45) is 0 Å². The van der Waals surface area contributed by atoms with E-state index in [1.807, 2.05) is 13.0 Å². The number of aryl methyl sites for hydroxylation is 1. The van der Waals surface area contributed by atoms with Crippen molar-refractivity contribution < 1.29 is 4.74 Å². The van der Waals surface area contributed by atoms with Crippen LogP contribution in [0.1, 0.15) is 25.1 Å². The van der Waals surface area contributed by atoms with E-state index in [4.69, 9.17) is 4.74 Å². The van der Waals surface area contributed by atoms with E-state index in [1.165, 1.54) is 0 Å². The maximum absolute atomic E-state index is 5.33. The van der Waals surface area contributed by atoms with Gasteiger partial charge in [0.1, 0.15) is 11.6 Å². The summed E-state index contributed by atoms with van der Waals surface area (Å²) >= 11 is 0. The van der Waals surface area contributed by atoms with Crippen LogP contribution in [-0.4, -0.2) is 29.2 Å². The molecule has 2 unspecified atom stereocenters. The summed E-state index contributed by atoms with van der Waals surface area (Å²) in [7, 11) is 1.78. The predicted octanol–water partition coefficient (Wildman–Crippen LogP) is 1.76. The molecule has 1 aliphatic rings. The van der Waals surface area contributed by atoms with E-state index in [1.54, 1.807) is 13.3 Å². The standard InChI is InChI=1S/C11H17N3O/c1-8-12-6-5-11(13-8)14-9-3-4-10(7-9)15-2/h5-6,9-10H,3-4,7H2,1-2H3,(H,12,13,14). The maximum atomic E-state index is 5.33. The molecule has 0 bridgehead atoms. The summed E-state index contributed by atoms with van der Waals surface area (Å²) in [5, 5.41) is 3.41. The van der Waals surface area contributed by atoms with Crippen LogP contribution in [-0.2, 0) is 4.74 Å². The van der Waals surface area contributed by atoms with Gasteiger partial charge in [0.25, 0.3) is 0 Å². The van der Waals surface area contributed by atoms with Crippen molar-refractivity contribution >= 4 is 5.82 Å². The van der Waals surface area contributed by atoms with Gasteiger partial charge in [-0.1, -0.05) is 0 Å². The molecule has 1 fully saturated rings. The summed E-state index contributed by atoms with van der Waals surface area (Å²) in [4.78, 5) is 8.39. The van der Waals surface area contributed by atoms with E-state index in [2.05, 4.69) is 15.3 Å². The minimum absolute atomic E-state index is 0.408. The van der Waals surface area contributed by atoms with Gasteiger partial charge in [0.2, 0.25) is 0 Å². The predicted molar refractivity (Wildman–Crippen MR) is 58.8 cm³/mol. The number of hydrogen-bond acceptors (Lipinski definition) is 4. The second kappa shape index (κ2) is 4.57. The summed E-state index contributed by atoms with van der Waals surface area (Å²) < 4.78 is 5.33.